The van der Waals surface area contributed by atoms with Crippen LogP contribution in [0.3, 0.4) is 0 Å². The highest BCUT2D eigenvalue weighted by Crippen LogP contribution is 2.30. The Hall–Kier alpha value is -1.98. The largest absolute Gasteiger partial charge is 0.370 e. The number of morpholine rings is 1. The smallest absolute Gasteiger partial charge is 0.136 e. The molecule has 0 radical (unpaired) electrons. The number of pyridine rings is 1. The van der Waals surface area contributed by atoms with Gasteiger partial charge in [-0.15, -0.1) is 0 Å². The first kappa shape index (κ1) is 15.5. The number of hydrogen-bond acceptors (Lipinski definition) is 3. The third-order valence-corrected chi connectivity index (χ3v) is 4.84. The highest BCUT2D eigenvalue weighted by Gasteiger charge is 2.24. The van der Waals surface area contributed by atoms with Gasteiger partial charge in [-0.3, -0.25) is 0 Å². The van der Waals surface area contributed by atoms with Gasteiger partial charge in [0.1, 0.15) is 17.7 Å². The van der Waals surface area contributed by atoms with Gasteiger partial charge < -0.3 is 9.64 Å². The molecule has 1 aliphatic rings. The molecule has 4 rings (SSSR count). The molecule has 3 nitrogen and oxygen atoms in total. The van der Waals surface area contributed by atoms with Crippen LogP contribution < -0.4 is 4.90 Å². The van der Waals surface area contributed by atoms with Crippen LogP contribution in [0.1, 0.15) is 11.7 Å². The summed E-state index contributed by atoms with van der Waals surface area (Å²) >= 11 is 3.46. The summed E-state index contributed by atoms with van der Waals surface area (Å²) in [6, 6.07) is 14.9. The number of anilines is 1. The molecule has 0 saturated carbocycles. The van der Waals surface area contributed by atoms with Crippen molar-refractivity contribution in [1.29, 1.82) is 0 Å². The van der Waals surface area contributed by atoms with Gasteiger partial charge in [-0.1, -0.05) is 34.1 Å². The van der Waals surface area contributed by atoms with Crippen molar-refractivity contribution < 1.29 is 9.13 Å². The molecule has 1 aromatic heterocycles. The van der Waals surface area contributed by atoms with Crippen LogP contribution in [0.4, 0.5) is 10.2 Å². The average Bonchev–Trinajstić information content (AvgIpc) is 2.62. The Labute approximate surface area is 148 Å². The highest BCUT2D eigenvalue weighted by atomic mass is 79.9. The highest BCUT2D eigenvalue weighted by molar-refractivity contribution is 9.10. The molecule has 5 heteroatoms. The van der Waals surface area contributed by atoms with Crippen LogP contribution in [0, 0.1) is 5.82 Å². The molecule has 0 N–H and O–H groups in total. The zero-order chi connectivity index (χ0) is 16.5. The second kappa shape index (κ2) is 6.49. The van der Waals surface area contributed by atoms with Crippen molar-refractivity contribution in [3.05, 3.63) is 70.6 Å². The van der Waals surface area contributed by atoms with E-state index in [0.29, 0.717) is 13.2 Å². The van der Waals surface area contributed by atoms with Gasteiger partial charge >= 0.3 is 0 Å². The predicted octanol–water partition coefficient (Wildman–Crippen LogP) is 4.71. The molecule has 2 aromatic carbocycles. The van der Waals surface area contributed by atoms with Crippen LogP contribution in [0.2, 0.25) is 0 Å². The topological polar surface area (TPSA) is 25.4 Å². The second-order valence-electron chi connectivity index (χ2n) is 5.86. The molecule has 1 fully saturated rings. The van der Waals surface area contributed by atoms with Crippen LogP contribution in [0.15, 0.2) is 59.2 Å². The van der Waals surface area contributed by atoms with Gasteiger partial charge in [0.05, 0.1) is 6.61 Å². The molecule has 0 spiro atoms. The van der Waals surface area contributed by atoms with Crippen molar-refractivity contribution in [1.82, 2.24) is 4.98 Å². The summed E-state index contributed by atoms with van der Waals surface area (Å²) in [5, 5.41) is 1.84. The van der Waals surface area contributed by atoms with Crippen LogP contribution in [0.25, 0.3) is 10.8 Å². The lowest BCUT2D eigenvalue weighted by atomic mass is 10.1. The van der Waals surface area contributed by atoms with Crippen LogP contribution in [-0.4, -0.2) is 24.7 Å². The summed E-state index contributed by atoms with van der Waals surface area (Å²) in [7, 11) is 0. The second-order valence-corrected chi connectivity index (χ2v) is 6.77. The third-order valence-electron chi connectivity index (χ3n) is 4.31. The monoisotopic (exact) mass is 386 g/mol. The Morgan fingerprint density at radius 2 is 1.96 bits per heavy atom. The van der Waals surface area contributed by atoms with Crippen molar-refractivity contribution in [3.8, 4) is 0 Å². The minimum atomic E-state index is -0.241. The standard InChI is InChI=1S/C19H16BrFN2O/c20-15-4-1-14(2-5-15)18-12-23(9-10-24-18)19-17-11-16(21)6-3-13(17)7-8-22-19/h1-8,11,18H,9-10,12H2/t18-/m1/s1. The molecule has 3 aromatic rings. The normalized spacial score (nSPS) is 18.1. The van der Waals surface area contributed by atoms with Gasteiger partial charge in [-0.05, 0) is 41.3 Å². The van der Waals surface area contributed by atoms with Crippen molar-refractivity contribution in [2.24, 2.45) is 0 Å². The fourth-order valence-electron chi connectivity index (χ4n) is 3.10. The third kappa shape index (κ3) is 3.01. The molecule has 0 aliphatic carbocycles. The molecular formula is C19H16BrFN2O. The Bertz CT molecular complexity index is 869. The molecule has 1 atom stereocenters. The van der Waals surface area contributed by atoms with Crippen molar-refractivity contribution in [2.45, 2.75) is 6.10 Å². The number of hydrogen-bond donors (Lipinski definition) is 0. The maximum Gasteiger partial charge on any atom is 0.136 e. The van der Waals surface area contributed by atoms with Crippen molar-refractivity contribution >= 4 is 32.5 Å². The lowest BCUT2D eigenvalue weighted by Gasteiger charge is -2.34. The number of benzene rings is 2. The van der Waals surface area contributed by atoms with E-state index in [0.717, 1.165) is 33.2 Å². The number of aromatic nitrogens is 1. The summed E-state index contributed by atoms with van der Waals surface area (Å²) < 4.78 is 20.7. The number of fused-ring (bicyclic) bond motifs is 1. The summed E-state index contributed by atoms with van der Waals surface area (Å²) in [5.41, 5.74) is 1.13. The van der Waals surface area contributed by atoms with E-state index >= 15 is 0 Å². The fraction of sp³-hybridized carbons (Fsp3) is 0.211. The number of halogens is 2. The molecule has 2 heterocycles. The van der Waals surface area contributed by atoms with Gasteiger partial charge in [-0.25, -0.2) is 9.37 Å². The Kier molecular flexibility index (Phi) is 4.21. The molecule has 0 amide bonds. The number of rotatable bonds is 2. The molecule has 1 saturated heterocycles. The lowest BCUT2D eigenvalue weighted by molar-refractivity contribution is 0.0396. The summed E-state index contributed by atoms with van der Waals surface area (Å²) in [5.74, 6) is 0.576. The molecule has 24 heavy (non-hydrogen) atoms. The van der Waals surface area contributed by atoms with Gasteiger partial charge in [-0.2, -0.15) is 0 Å². The van der Waals surface area contributed by atoms with E-state index in [1.165, 1.54) is 6.07 Å². The quantitative estimate of drug-likeness (QED) is 0.637. The molecule has 0 bridgehead atoms. The number of ether oxygens (including phenoxy) is 1. The minimum Gasteiger partial charge on any atom is -0.370 e. The van der Waals surface area contributed by atoms with E-state index in [9.17, 15) is 4.39 Å². The first-order valence-corrected chi connectivity index (χ1v) is 8.66. The van der Waals surface area contributed by atoms with Gasteiger partial charge in [0.15, 0.2) is 0 Å². The van der Waals surface area contributed by atoms with Crippen LogP contribution in [0.5, 0.6) is 0 Å². The molecule has 122 valence electrons. The summed E-state index contributed by atoms with van der Waals surface area (Å²) in [6.45, 7) is 2.06. The lowest BCUT2D eigenvalue weighted by Crippen LogP contribution is -2.39. The summed E-state index contributed by atoms with van der Waals surface area (Å²) in [4.78, 5) is 6.69. The maximum atomic E-state index is 13.7. The first-order chi connectivity index (χ1) is 11.7. The zero-order valence-electron chi connectivity index (χ0n) is 13.0. The van der Waals surface area contributed by atoms with E-state index in [2.05, 4.69) is 37.9 Å². The SMILES string of the molecule is Fc1ccc2ccnc(N3CCO[C@@H](c4ccc(Br)cc4)C3)c2c1. The van der Waals surface area contributed by atoms with Crippen molar-refractivity contribution in [3.63, 3.8) is 0 Å². The van der Waals surface area contributed by atoms with Gasteiger partial charge in [0, 0.05) is 29.1 Å². The predicted molar refractivity (Wildman–Crippen MR) is 96.7 cm³/mol. The Morgan fingerprint density at radius 3 is 2.79 bits per heavy atom. The van der Waals surface area contributed by atoms with Crippen molar-refractivity contribution in [2.75, 3.05) is 24.6 Å². The maximum absolute atomic E-state index is 13.7. The van der Waals surface area contributed by atoms with E-state index in [1.54, 1.807) is 18.3 Å². The van der Waals surface area contributed by atoms with Crippen LogP contribution >= 0.6 is 15.9 Å². The van der Waals surface area contributed by atoms with Gasteiger partial charge in [0.25, 0.3) is 0 Å². The molecule has 1 aliphatic heterocycles. The zero-order valence-corrected chi connectivity index (χ0v) is 14.5. The van der Waals surface area contributed by atoms with Crippen LogP contribution in [-0.2, 0) is 4.74 Å². The van der Waals surface area contributed by atoms with E-state index in [4.69, 9.17) is 4.74 Å². The Morgan fingerprint density at radius 1 is 1.12 bits per heavy atom. The number of nitrogens with zero attached hydrogens (tertiary/aromatic N) is 2. The van der Waals surface area contributed by atoms with E-state index in [1.807, 2.05) is 18.2 Å². The first-order valence-electron chi connectivity index (χ1n) is 7.87. The fourth-order valence-corrected chi connectivity index (χ4v) is 3.36. The van der Waals surface area contributed by atoms with E-state index in [-0.39, 0.29) is 11.9 Å². The van der Waals surface area contributed by atoms with Gasteiger partial charge in [0.2, 0.25) is 0 Å². The minimum absolute atomic E-state index is 0.0162. The molecule has 0 unspecified atom stereocenters. The average molecular weight is 387 g/mol. The summed E-state index contributed by atoms with van der Waals surface area (Å²) in [6.07, 6.45) is 1.76. The molecular weight excluding hydrogens is 371 g/mol. The Balaban J connectivity index is 1.67. The van der Waals surface area contributed by atoms with E-state index < -0.39 is 0 Å².